The summed E-state index contributed by atoms with van der Waals surface area (Å²) in [7, 11) is 0. The minimum atomic E-state index is -0.958. The number of aromatic carboxylic acids is 2. The number of anilines is 2. The SMILES string of the molecule is O=C(O)c1ccc(Cc2ccc(N3C(=O)CCC34CCC(=O)N4c3ccc(Cc4ccc(C(=O)O)cc4)cc3)cc2)cc1. The van der Waals surface area contributed by atoms with Crippen LogP contribution in [0.15, 0.2) is 97.1 Å². The molecule has 1 spiro atoms. The Kier molecular flexibility index (Phi) is 7.27. The van der Waals surface area contributed by atoms with Crippen LogP contribution < -0.4 is 9.80 Å². The van der Waals surface area contributed by atoms with Gasteiger partial charge in [0.15, 0.2) is 0 Å². The van der Waals surface area contributed by atoms with Gasteiger partial charge >= 0.3 is 11.9 Å². The summed E-state index contributed by atoms with van der Waals surface area (Å²) in [5.74, 6) is -1.95. The van der Waals surface area contributed by atoms with Crippen LogP contribution in [0.25, 0.3) is 0 Å². The number of rotatable bonds is 8. The molecule has 8 nitrogen and oxygen atoms in total. The van der Waals surface area contributed by atoms with Gasteiger partial charge < -0.3 is 10.2 Å². The van der Waals surface area contributed by atoms with Gasteiger partial charge in [0, 0.05) is 24.2 Å². The molecule has 0 bridgehead atoms. The van der Waals surface area contributed by atoms with Crippen molar-refractivity contribution in [3.05, 3.63) is 130 Å². The Hall–Kier alpha value is -5.24. The fourth-order valence-corrected chi connectivity index (χ4v) is 6.27. The molecule has 4 aromatic rings. The molecular weight excluding hydrogens is 544 g/mol. The summed E-state index contributed by atoms with van der Waals surface area (Å²) in [6.45, 7) is 0. The van der Waals surface area contributed by atoms with Crippen LogP contribution in [0.2, 0.25) is 0 Å². The highest BCUT2D eigenvalue weighted by Gasteiger charge is 2.56. The summed E-state index contributed by atoms with van der Waals surface area (Å²) in [6.07, 6.45) is 3.05. The summed E-state index contributed by atoms with van der Waals surface area (Å²) < 4.78 is 0. The van der Waals surface area contributed by atoms with Gasteiger partial charge in [0.2, 0.25) is 11.8 Å². The zero-order valence-corrected chi connectivity index (χ0v) is 23.4. The molecule has 6 rings (SSSR count). The first-order chi connectivity index (χ1) is 20.7. The highest BCUT2D eigenvalue weighted by molar-refractivity contribution is 6.05. The first-order valence-corrected chi connectivity index (χ1v) is 14.2. The van der Waals surface area contributed by atoms with E-state index in [1.807, 2.05) is 48.5 Å². The molecule has 0 unspecified atom stereocenters. The van der Waals surface area contributed by atoms with Crippen molar-refractivity contribution in [2.75, 3.05) is 9.80 Å². The van der Waals surface area contributed by atoms with E-state index in [1.54, 1.807) is 58.3 Å². The largest absolute Gasteiger partial charge is 0.478 e. The average Bonchev–Trinajstić information content (AvgIpc) is 3.52. The van der Waals surface area contributed by atoms with Crippen LogP contribution in [0.1, 0.15) is 68.7 Å². The van der Waals surface area contributed by atoms with Gasteiger partial charge in [0.1, 0.15) is 5.66 Å². The van der Waals surface area contributed by atoms with Crippen LogP contribution in [-0.2, 0) is 22.4 Å². The van der Waals surface area contributed by atoms with Crippen LogP contribution in [-0.4, -0.2) is 39.6 Å². The Morgan fingerprint density at radius 3 is 1.14 bits per heavy atom. The lowest BCUT2D eigenvalue weighted by molar-refractivity contribution is -0.117. The van der Waals surface area contributed by atoms with E-state index in [1.165, 1.54) is 0 Å². The molecule has 4 aromatic carbocycles. The summed E-state index contributed by atoms with van der Waals surface area (Å²) in [4.78, 5) is 52.5. The van der Waals surface area contributed by atoms with Gasteiger partial charge in [0.25, 0.3) is 0 Å². The number of nitrogens with zero attached hydrogens (tertiary/aromatic N) is 2. The van der Waals surface area contributed by atoms with Crippen molar-refractivity contribution in [1.29, 1.82) is 0 Å². The number of carboxylic acid groups (broad SMARTS) is 2. The van der Waals surface area contributed by atoms with Crippen LogP contribution >= 0.6 is 0 Å². The number of hydrogen-bond acceptors (Lipinski definition) is 4. The van der Waals surface area contributed by atoms with E-state index in [2.05, 4.69) is 0 Å². The summed E-state index contributed by atoms with van der Waals surface area (Å²) in [6, 6.07) is 29.2. The maximum absolute atomic E-state index is 13.3. The minimum absolute atomic E-state index is 0.0156. The first kappa shape index (κ1) is 27.9. The summed E-state index contributed by atoms with van der Waals surface area (Å²) in [5.41, 5.74) is 5.24. The maximum atomic E-state index is 13.3. The van der Waals surface area contributed by atoms with E-state index in [0.717, 1.165) is 33.6 Å². The van der Waals surface area contributed by atoms with E-state index < -0.39 is 17.6 Å². The Labute approximate surface area is 248 Å². The lowest BCUT2D eigenvalue weighted by Gasteiger charge is -2.42. The van der Waals surface area contributed by atoms with Crippen LogP contribution in [0.4, 0.5) is 11.4 Å². The average molecular weight is 575 g/mol. The molecule has 0 aromatic heterocycles. The van der Waals surface area contributed by atoms with Crippen molar-refractivity contribution in [3.63, 3.8) is 0 Å². The smallest absolute Gasteiger partial charge is 0.335 e. The normalized spacial score (nSPS) is 15.8. The Balaban J connectivity index is 1.22. The molecule has 216 valence electrons. The highest BCUT2D eigenvalue weighted by atomic mass is 16.4. The summed E-state index contributed by atoms with van der Waals surface area (Å²) >= 11 is 0. The zero-order chi connectivity index (χ0) is 30.1. The van der Waals surface area contributed by atoms with Crippen molar-refractivity contribution in [2.45, 2.75) is 44.2 Å². The molecule has 2 saturated heterocycles. The molecule has 2 amide bonds. The zero-order valence-electron chi connectivity index (χ0n) is 23.4. The third-order valence-corrected chi connectivity index (χ3v) is 8.42. The van der Waals surface area contributed by atoms with Crippen molar-refractivity contribution in [2.24, 2.45) is 0 Å². The minimum Gasteiger partial charge on any atom is -0.478 e. The van der Waals surface area contributed by atoms with Gasteiger partial charge in [-0.05, 0) is 96.5 Å². The molecule has 2 N–H and O–H groups in total. The molecule has 0 atom stereocenters. The maximum Gasteiger partial charge on any atom is 0.335 e. The molecule has 2 heterocycles. The van der Waals surface area contributed by atoms with Crippen LogP contribution in [0.3, 0.4) is 0 Å². The van der Waals surface area contributed by atoms with Gasteiger partial charge in [-0.25, -0.2) is 9.59 Å². The molecule has 8 heteroatoms. The first-order valence-electron chi connectivity index (χ1n) is 14.2. The van der Waals surface area contributed by atoms with E-state index in [-0.39, 0.29) is 22.9 Å². The molecular formula is C35H30N2O6. The molecule has 0 aliphatic carbocycles. The van der Waals surface area contributed by atoms with Gasteiger partial charge in [-0.2, -0.15) is 0 Å². The Bertz CT molecular complexity index is 1560. The fourth-order valence-electron chi connectivity index (χ4n) is 6.27. The molecule has 0 radical (unpaired) electrons. The second-order valence-electron chi connectivity index (χ2n) is 11.1. The van der Waals surface area contributed by atoms with E-state index in [0.29, 0.717) is 38.5 Å². The van der Waals surface area contributed by atoms with E-state index in [4.69, 9.17) is 10.2 Å². The van der Waals surface area contributed by atoms with E-state index >= 15 is 0 Å². The number of carboxylic acids is 2. The van der Waals surface area contributed by atoms with Gasteiger partial charge in [0.05, 0.1) is 11.1 Å². The predicted molar refractivity (Wildman–Crippen MR) is 161 cm³/mol. The fraction of sp³-hybridized carbons (Fsp3) is 0.200. The molecule has 0 saturated carbocycles. The number of carbonyl (C=O) groups is 4. The van der Waals surface area contributed by atoms with Gasteiger partial charge in [-0.3, -0.25) is 19.4 Å². The molecule has 2 fully saturated rings. The molecule has 2 aliphatic rings. The number of hydrogen-bond donors (Lipinski definition) is 2. The summed E-state index contributed by atoms with van der Waals surface area (Å²) in [5, 5.41) is 18.3. The molecule has 2 aliphatic heterocycles. The Morgan fingerprint density at radius 2 is 0.837 bits per heavy atom. The quantitative estimate of drug-likeness (QED) is 0.270. The number of benzene rings is 4. The van der Waals surface area contributed by atoms with Crippen molar-refractivity contribution < 1.29 is 29.4 Å². The lowest BCUT2D eigenvalue weighted by atomic mass is 10.00. The van der Waals surface area contributed by atoms with Crippen LogP contribution in [0.5, 0.6) is 0 Å². The topological polar surface area (TPSA) is 115 Å². The molecule has 43 heavy (non-hydrogen) atoms. The highest BCUT2D eigenvalue weighted by Crippen LogP contribution is 2.47. The number of carbonyl (C=O) groups excluding carboxylic acids is 2. The van der Waals surface area contributed by atoms with Crippen LogP contribution in [0, 0.1) is 0 Å². The Morgan fingerprint density at radius 1 is 0.535 bits per heavy atom. The lowest BCUT2D eigenvalue weighted by Crippen LogP contribution is -2.56. The van der Waals surface area contributed by atoms with Crippen molar-refractivity contribution in [3.8, 4) is 0 Å². The monoisotopic (exact) mass is 574 g/mol. The van der Waals surface area contributed by atoms with Gasteiger partial charge in [-0.15, -0.1) is 0 Å². The van der Waals surface area contributed by atoms with E-state index in [9.17, 15) is 19.2 Å². The van der Waals surface area contributed by atoms with Gasteiger partial charge in [-0.1, -0.05) is 48.5 Å². The predicted octanol–water partition coefficient (Wildman–Crippen LogP) is 5.91. The second-order valence-corrected chi connectivity index (χ2v) is 11.1. The third-order valence-electron chi connectivity index (χ3n) is 8.42. The number of amides is 2. The van der Waals surface area contributed by atoms with Crippen molar-refractivity contribution >= 4 is 35.1 Å². The van der Waals surface area contributed by atoms with Crippen molar-refractivity contribution in [1.82, 2.24) is 0 Å². The second kappa shape index (κ2) is 11.2. The standard InChI is InChI=1S/C35H30N2O6/c38-31-17-19-35(36(31)29-13-5-25(6-14-29)21-23-1-9-27(10-2-23)33(40)41)20-18-32(39)37(35)30-15-7-26(8-16-30)22-24-3-11-28(12-4-24)34(42)43/h1-16H,17-22H2,(H,40,41)(H,42,43). The third kappa shape index (κ3) is 5.39.